The summed E-state index contributed by atoms with van der Waals surface area (Å²) >= 11 is 0. The lowest BCUT2D eigenvalue weighted by Crippen LogP contribution is -1.81. The molecule has 0 aliphatic rings. The average Bonchev–Trinajstić information content (AvgIpc) is 2.37. The summed E-state index contributed by atoms with van der Waals surface area (Å²) in [4.78, 5) is 0. The first kappa shape index (κ1) is 11.3. The predicted octanol–water partition coefficient (Wildman–Crippen LogP) is 4.25. The molecule has 0 spiro atoms. The number of nitrogens with zero attached hydrogens (tertiary/aromatic N) is 2. The number of ether oxygens (including phenoxy) is 1. The van der Waals surface area contributed by atoms with Gasteiger partial charge in [-0.2, -0.15) is 5.11 Å². The fraction of sp³-hybridized carbons (Fsp3) is 0.0769. The first-order valence-electron chi connectivity index (χ1n) is 5.10. The van der Waals surface area contributed by atoms with Crippen LogP contribution in [-0.2, 0) is 0 Å². The van der Waals surface area contributed by atoms with Gasteiger partial charge in [-0.25, -0.2) is 4.39 Å². The molecule has 2 rings (SSSR count). The van der Waals surface area contributed by atoms with Crippen LogP contribution in [-0.4, -0.2) is 7.11 Å². The molecule has 0 amide bonds. The molecule has 0 aliphatic carbocycles. The summed E-state index contributed by atoms with van der Waals surface area (Å²) in [6.07, 6.45) is 0. The largest absolute Gasteiger partial charge is 0.494 e. The summed E-state index contributed by atoms with van der Waals surface area (Å²) in [6, 6.07) is 13.2. The van der Waals surface area contributed by atoms with Gasteiger partial charge in [0.25, 0.3) is 0 Å². The number of hydrogen-bond donors (Lipinski definition) is 0. The molecule has 0 saturated carbocycles. The summed E-state index contributed by atoms with van der Waals surface area (Å²) in [6.45, 7) is 0. The molecule has 2 aromatic rings. The molecule has 86 valence electrons. The van der Waals surface area contributed by atoms with Gasteiger partial charge in [-0.3, -0.25) is 0 Å². The third-order valence-corrected chi connectivity index (χ3v) is 2.17. The van der Waals surface area contributed by atoms with Gasteiger partial charge in [0.1, 0.15) is 17.3 Å². The van der Waals surface area contributed by atoms with E-state index in [0.29, 0.717) is 17.1 Å². The molecule has 4 heteroatoms. The molecule has 0 unspecified atom stereocenters. The molecule has 0 N–H and O–H groups in total. The minimum atomic E-state index is -0.332. The SMILES string of the molecule is COc1ccccc1N=Nc1cccc(F)c1. The number of hydrogen-bond acceptors (Lipinski definition) is 3. The van der Waals surface area contributed by atoms with Crippen LogP contribution in [0, 0.1) is 5.82 Å². The van der Waals surface area contributed by atoms with Crippen LogP contribution >= 0.6 is 0 Å². The number of methoxy groups -OCH3 is 1. The van der Waals surface area contributed by atoms with Crippen molar-refractivity contribution in [3.05, 3.63) is 54.3 Å². The Bertz CT molecular complexity index is 540. The Hall–Kier alpha value is -2.23. The molecule has 3 nitrogen and oxygen atoms in total. The lowest BCUT2D eigenvalue weighted by atomic mass is 10.3. The van der Waals surface area contributed by atoms with Crippen molar-refractivity contribution in [3.8, 4) is 5.75 Å². The van der Waals surface area contributed by atoms with E-state index in [9.17, 15) is 4.39 Å². The van der Waals surface area contributed by atoms with Crippen molar-refractivity contribution in [2.24, 2.45) is 10.2 Å². The molecule has 0 heterocycles. The van der Waals surface area contributed by atoms with Crippen LogP contribution in [0.2, 0.25) is 0 Å². The maximum Gasteiger partial charge on any atom is 0.146 e. The van der Waals surface area contributed by atoms with Crippen molar-refractivity contribution in [1.29, 1.82) is 0 Å². The number of azo groups is 1. The highest BCUT2D eigenvalue weighted by Gasteiger charge is 1.99. The van der Waals surface area contributed by atoms with Crippen molar-refractivity contribution >= 4 is 11.4 Å². The molecular formula is C13H11FN2O. The van der Waals surface area contributed by atoms with Crippen LogP contribution in [0.5, 0.6) is 5.75 Å². The van der Waals surface area contributed by atoms with Gasteiger partial charge in [0, 0.05) is 6.07 Å². The van der Waals surface area contributed by atoms with E-state index >= 15 is 0 Å². The van der Waals surface area contributed by atoms with Crippen LogP contribution in [0.4, 0.5) is 15.8 Å². The van der Waals surface area contributed by atoms with Crippen LogP contribution in [0.15, 0.2) is 58.8 Å². The Labute approximate surface area is 98.6 Å². The van der Waals surface area contributed by atoms with Crippen LogP contribution in [0.25, 0.3) is 0 Å². The zero-order valence-corrected chi connectivity index (χ0v) is 9.30. The number of halogens is 1. The first-order valence-corrected chi connectivity index (χ1v) is 5.10. The van der Waals surface area contributed by atoms with Gasteiger partial charge in [0.15, 0.2) is 0 Å². The Balaban J connectivity index is 2.26. The highest BCUT2D eigenvalue weighted by atomic mass is 19.1. The van der Waals surface area contributed by atoms with Gasteiger partial charge in [0.05, 0.1) is 12.8 Å². The minimum absolute atomic E-state index is 0.332. The second-order valence-electron chi connectivity index (χ2n) is 3.35. The molecule has 2 aromatic carbocycles. The van der Waals surface area contributed by atoms with Gasteiger partial charge in [-0.15, -0.1) is 5.11 Å². The Morgan fingerprint density at radius 2 is 1.82 bits per heavy atom. The predicted molar refractivity (Wildman–Crippen MR) is 63.6 cm³/mol. The average molecular weight is 230 g/mol. The lowest BCUT2D eigenvalue weighted by molar-refractivity contribution is 0.416. The van der Waals surface area contributed by atoms with Gasteiger partial charge in [-0.05, 0) is 24.3 Å². The summed E-state index contributed by atoms with van der Waals surface area (Å²) in [5.41, 5.74) is 1.08. The number of rotatable bonds is 3. The molecule has 0 aromatic heterocycles. The zero-order chi connectivity index (χ0) is 12.1. The fourth-order valence-corrected chi connectivity index (χ4v) is 1.36. The minimum Gasteiger partial charge on any atom is -0.494 e. The van der Waals surface area contributed by atoms with Crippen LogP contribution in [0.1, 0.15) is 0 Å². The number of benzene rings is 2. The van der Waals surface area contributed by atoms with Crippen molar-refractivity contribution in [1.82, 2.24) is 0 Å². The standard InChI is InChI=1S/C13H11FN2O/c1-17-13-8-3-2-7-12(13)16-15-11-6-4-5-10(14)9-11/h2-9H,1H3. The molecule has 0 bridgehead atoms. The summed E-state index contributed by atoms with van der Waals surface area (Å²) in [5.74, 6) is 0.300. The molecule has 0 fully saturated rings. The molecule has 17 heavy (non-hydrogen) atoms. The highest BCUT2D eigenvalue weighted by Crippen LogP contribution is 2.28. The van der Waals surface area contributed by atoms with Crippen molar-refractivity contribution < 1.29 is 9.13 Å². The molecular weight excluding hydrogens is 219 g/mol. The van der Waals surface area contributed by atoms with E-state index in [1.165, 1.54) is 12.1 Å². The Kier molecular flexibility index (Phi) is 3.45. The van der Waals surface area contributed by atoms with E-state index in [4.69, 9.17) is 4.74 Å². The second-order valence-corrected chi connectivity index (χ2v) is 3.35. The monoisotopic (exact) mass is 230 g/mol. The van der Waals surface area contributed by atoms with E-state index in [0.717, 1.165) is 0 Å². The Morgan fingerprint density at radius 1 is 1.00 bits per heavy atom. The van der Waals surface area contributed by atoms with Gasteiger partial charge < -0.3 is 4.74 Å². The van der Waals surface area contributed by atoms with Gasteiger partial charge in [0.2, 0.25) is 0 Å². The lowest BCUT2D eigenvalue weighted by Gasteiger charge is -2.01. The third kappa shape index (κ3) is 2.87. The van der Waals surface area contributed by atoms with Crippen molar-refractivity contribution in [2.75, 3.05) is 7.11 Å². The molecule has 0 atom stereocenters. The van der Waals surface area contributed by atoms with E-state index in [-0.39, 0.29) is 5.82 Å². The van der Waals surface area contributed by atoms with E-state index in [1.807, 2.05) is 12.1 Å². The van der Waals surface area contributed by atoms with E-state index in [1.54, 1.807) is 31.4 Å². The van der Waals surface area contributed by atoms with Crippen LogP contribution < -0.4 is 4.74 Å². The zero-order valence-electron chi connectivity index (χ0n) is 9.30. The maximum absolute atomic E-state index is 12.9. The Morgan fingerprint density at radius 3 is 2.59 bits per heavy atom. The van der Waals surface area contributed by atoms with Crippen molar-refractivity contribution in [3.63, 3.8) is 0 Å². The summed E-state index contributed by atoms with van der Waals surface area (Å²) < 4.78 is 18.0. The molecule has 0 aliphatic heterocycles. The van der Waals surface area contributed by atoms with Crippen molar-refractivity contribution in [2.45, 2.75) is 0 Å². The topological polar surface area (TPSA) is 34.0 Å². The normalized spacial score (nSPS) is 10.7. The van der Waals surface area contributed by atoms with Gasteiger partial charge >= 0.3 is 0 Å². The number of para-hydroxylation sites is 1. The molecule has 0 saturated heterocycles. The third-order valence-electron chi connectivity index (χ3n) is 2.17. The highest BCUT2D eigenvalue weighted by molar-refractivity contribution is 5.51. The summed E-state index contributed by atoms with van der Waals surface area (Å²) in [5, 5.41) is 7.97. The first-order chi connectivity index (χ1) is 8.29. The second kappa shape index (κ2) is 5.21. The fourth-order valence-electron chi connectivity index (χ4n) is 1.36. The maximum atomic E-state index is 12.9. The summed E-state index contributed by atoms with van der Waals surface area (Å²) in [7, 11) is 1.57. The van der Waals surface area contributed by atoms with Crippen LogP contribution in [0.3, 0.4) is 0 Å². The smallest absolute Gasteiger partial charge is 0.146 e. The quantitative estimate of drug-likeness (QED) is 0.725. The molecule has 0 radical (unpaired) electrons. The van der Waals surface area contributed by atoms with E-state index in [2.05, 4.69) is 10.2 Å². The van der Waals surface area contributed by atoms with E-state index < -0.39 is 0 Å². The van der Waals surface area contributed by atoms with Gasteiger partial charge in [-0.1, -0.05) is 18.2 Å².